The molecule has 164 valence electrons. The highest BCUT2D eigenvalue weighted by Crippen LogP contribution is 2.26. The SMILES string of the molecule is COc1ccc(Cl)cc1C(=O)N1CCCC(C(=O)NCC/C=C/Sc2ccccc2)C1. The Balaban J connectivity index is 1.47. The number of carbonyl (C=O) groups excluding carboxylic acids is 2. The van der Waals surface area contributed by atoms with Crippen LogP contribution in [-0.4, -0.2) is 43.5 Å². The van der Waals surface area contributed by atoms with Crippen LogP contribution in [0.15, 0.2) is 64.9 Å². The predicted molar refractivity (Wildman–Crippen MR) is 126 cm³/mol. The molecule has 1 heterocycles. The minimum Gasteiger partial charge on any atom is -0.496 e. The molecule has 0 radical (unpaired) electrons. The van der Waals surface area contributed by atoms with Crippen LogP contribution in [0.3, 0.4) is 0 Å². The first-order chi connectivity index (χ1) is 15.1. The molecule has 3 rings (SSSR count). The van der Waals surface area contributed by atoms with E-state index < -0.39 is 0 Å². The fourth-order valence-electron chi connectivity index (χ4n) is 3.51. The summed E-state index contributed by atoms with van der Waals surface area (Å²) >= 11 is 7.72. The number of rotatable bonds is 8. The molecule has 7 heteroatoms. The van der Waals surface area contributed by atoms with Gasteiger partial charge in [0.1, 0.15) is 5.75 Å². The number of ether oxygens (including phenoxy) is 1. The van der Waals surface area contributed by atoms with E-state index in [2.05, 4.69) is 23.5 Å². The molecule has 2 amide bonds. The first-order valence-electron chi connectivity index (χ1n) is 10.4. The first kappa shape index (κ1) is 23.2. The maximum atomic E-state index is 13.0. The van der Waals surface area contributed by atoms with Crippen molar-refractivity contribution in [2.45, 2.75) is 24.2 Å². The number of thioether (sulfide) groups is 1. The number of piperidine rings is 1. The van der Waals surface area contributed by atoms with Crippen molar-refractivity contribution in [1.29, 1.82) is 0 Å². The van der Waals surface area contributed by atoms with Crippen molar-refractivity contribution in [3.63, 3.8) is 0 Å². The van der Waals surface area contributed by atoms with Gasteiger partial charge in [-0.25, -0.2) is 0 Å². The smallest absolute Gasteiger partial charge is 0.257 e. The zero-order chi connectivity index (χ0) is 22.1. The van der Waals surface area contributed by atoms with Crippen molar-refractivity contribution in [2.24, 2.45) is 5.92 Å². The van der Waals surface area contributed by atoms with Gasteiger partial charge in [-0.1, -0.05) is 47.6 Å². The average Bonchev–Trinajstić information content (AvgIpc) is 2.81. The Labute approximate surface area is 192 Å². The third kappa shape index (κ3) is 6.77. The molecule has 1 N–H and O–H groups in total. The summed E-state index contributed by atoms with van der Waals surface area (Å²) in [7, 11) is 1.53. The van der Waals surface area contributed by atoms with E-state index in [0.29, 0.717) is 36.0 Å². The molecule has 1 unspecified atom stereocenters. The molecular formula is C24H27ClN2O3S. The van der Waals surface area contributed by atoms with Gasteiger partial charge in [-0.05, 0) is 55.0 Å². The van der Waals surface area contributed by atoms with E-state index in [0.717, 1.165) is 19.3 Å². The van der Waals surface area contributed by atoms with E-state index in [1.807, 2.05) is 23.6 Å². The van der Waals surface area contributed by atoms with Crippen LogP contribution in [0.25, 0.3) is 0 Å². The van der Waals surface area contributed by atoms with Crippen molar-refractivity contribution in [3.8, 4) is 5.75 Å². The molecule has 2 aromatic rings. The van der Waals surface area contributed by atoms with Gasteiger partial charge in [0.2, 0.25) is 5.91 Å². The Bertz CT molecular complexity index is 920. The van der Waals surface area contributed by atoms with Crippen molar-refractivity contribution < 1.29 is 14.3 Å². The number of benzene rings is 2. The van der Waals surface area contributed by atoms with Gasteiger partial charge in [-0.3, -0.25) is 9.59 Å². The number of hydrogen-bond donors (Lipinski definition) is 1. The van der Waals surface area contributed by atoms with Gasteiger partial charge >= 0.3 is 0 Å². The topological polar surface area (TPSA) is 58.6 Å². The highest BCUT2D eigenvalue weighted by molar-refractivity contribution is 8.02. The van der Waals surface area contributed by atoms with E-state index in [-0.39, 0.29) is 17.7 Å². The second-order valence-electron chi connectivity index (χ2n) is 7.32. The fourth-order valence-corrected chi connectivity index (χ4v) is 4.39. The van der Waals surface area contributed by atoms with E-state index in [4.69, 9.17) is 16.3 Å². The average molecular weight is 459 g/mol. The van der Waals surface area contributed by atoms with Gasteiger partial charge in [0, 0.05) is 29.6 Å². The quantitative estimate of drug-likeness (QED) is 0.446. The van der Waals surface area contributed by atoms with Gasteiger partial charge in [0.15, 0.2) is 0 Å². The maximum absolute atomic E-state index is 13.0. The minimum absolute atomic E-state index is 0.000304. The molecule has 1 aliphatic rings. The Morgan fingerprint density at radius 1 is 1.26 bits per heavy atom. The standard InChI is InChI=1S/C24H27ClN2O3S/c1-30-22-12-11-19(25)16-21(22)24(29)27-14-7-8-18(17-27)23(28)26-13-5-6-15-31-20-9-3-2-4-10-20/h2-4,6,9-12,15-16,18H,5,7-8,13-14,17H2,1H3,(H,26,28)/b15-6+. The minimum atomic E-state index is -0.203. The van der Waals surface area contributed by atoms with Crippen LogP contribution in [0.2, 0.25) is 5.02 Å². The van der Waals surface area contributed by atoms with Crippen molar-refractivity contribution in [3.05, 3.63) is 70.6 Å². The molecule has 5 nitrogen and oxygen atoms in total. The third-order valence-electron chi connectivity index (χ3n) is 5.13. The molecule has 31 heavy (non-hydrogen) atoms. The molecule has 0 bridgehead atoms. The van der Waals surface area contributed by atoms with Crippen molar-refractivity contribution >= 4 is 35.2 Å². The Morgan fingerprint density at radius 3 is 2.84 bits per heavy atom. The summed E-state index contributed by atoms with van der Waals surface area (Å²) in [5, 5.41) is 5.52. The highest BCUT2D eigenvalue weighted by atomic mass is 35.5. The van der Waals surface area contributed by atoms with Gasteiger partial charge in [0.05, 0.1) is 18.6 Å². The van der Waals surface area contributed by atoms with Gasteiger partial charge < -0.3 is 15.0 Å². The molecule has 1 saturated heterocycles. The molecule has 1 atom stereocenters. The summed E-state index contributed by atoms with van der Waals surface area (Å²) < 4.78 is 5.31. The van der Waals surface area contributed by atoms with Gasteiger partial charge in [0.25, 0.3) is 5.91 Å². The predicted octanol–water partition coefficient (Wildman–Crippen LogP) is 5.01. The van der Waals surface area contributed by atoms with Gasteiger partial charge in [-0.2, -0.15) is 0 Å². The largest absolute Gasteiger partial charge is 0.496 e. The van der Waals surface area contributed by atoms with Crippen LogP contribution in [0.5, 0.6) is 5.75 Å². The van der Waals surface area contributed by atoms with Crippen LogP contribution >= 0.6 is 23.4 Å². The number of nitrogens with one attached hydrogen (secondary N) is 1. The van der Waals surface area contributed by atoms with Crippen LogP contribution in [0, 0.1) is 5.92 Å². The summed E-state index contributed by atoms with van der Waals surface area (Å²) in [5.41, 5.74) is 0.428. The molecule has 1 aliphatic heterocycles. The number of halogens is 1. The van der Waals surface area contributed by atoms with Crippen molar-refractivity contribution in [2.75, 3.05) is 26.7 Å². The molecule has 0 saturated carbocycles. The van der Waals surface area contributed by atoms with E-state index in [9.17, 15) is 9.59 Å². The Morgan fingerprint density at radius 2 is 2.06 bits per heavy atom. The van der Waals surface area contributed by atoms with E-state index >= 15 is 0 Å². The number of hydrogen-bond acceptors (Lipinski definition) is 4. The number of methoxy groups -OCH3 is 1. The second-order valence-corrected chi connectivity index (χ2v) is 8.73. The Kier molecular flexibility index (Phi) is 8.85. The summed E-state index contributed by atoms with van der Waals surface area (Å²) in [5.74, 6) is 0.129. The second kappa shape index (κ2) is 11.8. The zero-order valence-electron chi connectivity index (χ0n) is 17.6. The molecular weight excluding hydrogens is 432 g/mol. The van der Waals surface area contributed by atoms with Crippen LogP contribution in [-0.2, 0) is 4.79 Å². The van der Waals surface area contributed by atoms with E-state index in [1.165, 1.54) is 12.0 Å². The summed E-state index contributed by atoms with van der Waals surface area (Å²) in [4.78, 5) is 28.5. The fraction of sp³-hybridized carbons (Fsp3) is 0.333. The lowest BCUT2D eigenvalue weighted by Gasteiger charge is -2.32. The lowest BCUT2D eigenvalue weighted by atomic mass is 9.96. The number of nitrogens with zero attached hydrogens (tertiary/aromatic N) is 1. The number of likely N-dealkylation sites (tertiary alicyclic amines) is 1. The third-order valence-corrected chi connectivity index (χ3v) is 6.23. The molecule has 0 aliphatic carbocycles. The zero-order valence-corrected chi connectivity index (χ0v) is 19.1. The molecule has 1 fully saturated rings. The Hall–Kier alpha value is -2.44. The molecule has 0 spiro atoms. The first-order valence-corrected chi connectivity index (χ1v) is 11.6. The summed E-state index contributed by atoms with van der Waals surface area (Å²) in [6.07, 6.45) is 4.39. The van der Waals surface area contributed by atoms with Crippen molar-refractivity contribution in [1.82, 2.24) is 10.2 Å². The van der Waals surface area contributed by atoms with Gasteiger partial charge in [-0.15, -0.1) is 0 Å². The molecule has 0 aromatic heterocycles. The number of carbonyl (C=O) groups is 2. The molecule has 2 aromatic carbocycles. The van der Waals surface area contributed by atoms with Crippen LogP contribution in [0.1, 0.15) is 29.6 Å². The summed E-state index contributed by atoms with van der Waals surface area (Å²) in [6, 6.07) is 15.1. The highest BCUT2D eigenvalue weighted by Gasteiger charge is 2.30. The number of amides is 2. The van der Waals surface area contributed by atoms with E-state index in [1.54, 1.807) is 34.9 Å². The lowest BCUT2D eigenvalue weighted by molar-refractivity contribution is -0.126. The van der Waals surface area contributed by atoms with Crippen LogP contribution in [0.4, 0.5) is 0 Å². The normalized spacial score (nSPS) is 16.3. The van der Waals surface area contributed by atoms with Crippen LogP contribution < -0.4 is 10.1 Å². The maximum Gasteiger partial charge on any atom is 0.257 e. The summed E-state index contributed by atoms with van der Waals surface area (Å²) in [6.45, 7) is 1.61. The monoisotopic (exact) mass is 458 g/mol. The lowest BCUT2D eigenvalue weighted by Crippen LogP contribution is -2.45.